The number of carbonyl (C=O) groups excluding carboxylic acids is 1. The van der Waals surface area contributed by atoms with E-state index in [0.717, 1.165) is 37.5 Å². The van der Waals surface area contributed by atoms with Gasteiger partial charge in [-0.1, -0.05) is 20.8 Å². The number of rotatable bonds is 0. The molecule has 3 heteroatoms. The van der Waals surface area contributed by atoms with Crippen LogP contribution in [0.5, 0.6) is 0 Å². The van der Waals surface area contributed by atoms with Crippen molar-refractivity contribution in [3.05, 3.63) is 0 Å². The predicted molar refractivity (Wildman–Crippen MR) is 86.1 cm³/mol. The lowest BCUT2D eigenvalue weighted by Gasteiger charge is -2.61. The Morgan fingerprint density at radius 1 is 1.18 bits per heavy atom. The highest BCUT2D eigenvalue weighted by molar-refractivity contribution is 5.77. The Morgan fingerprint density at radius 3 is 2.73 bits per heavy atom. The minimum absolute atomic E-state index is 0.0856. The lowest BCUT2D eigenvalue weighted by Crippen LogP contribution is -2.62. The summed E-state index contributed by atoms with van der Waals surface area (Å²) >= 11 is 0. The van der Waals surface area contributed by atoms with E-state index >= 15 is 0 Å². The highest BCUT2D eigenvalue weighted by atomic mass is 16.3. The van der Waals surface area contributed by atoms with E-state index in [4.69, 9.17) is 0 Å². The standard InChI is InChI=1S/C19H31NO2/c1-11-8-15-19(3,7-5-16(22)20-15)13-4-6-18(2)10-12(21)9-14(18)17(11)13/h11-15,17,21H,4-10H2,1-3H3,(H,20,22)/t11-,12-,13-,14-,15+,17+,18+,19+/m0/s1. The van der Waals surface area contributed by atoms with Crippen LogP contribution in [0.15, 0.2) is 0 Å². The van der Waals surface area contributed by atoms with Gasteiger partial charge in [-0.3, -0.25) is 4.79 Å². The molecule has 0 bridgehead atoms. The van der Waals surface area contributed by atoms with Crippen LogP contribution in [0.3, 0.4) is 0 Å². The highest BCUT2D eigenvalue weighted by Crippen LogP contribution is 2.65. The molecule has 1 amide bonds. The van der Waals surface area contributed by atoms with Crippen molar-refractivity contribution in [2.75, 3.05) is 0 Å². The van der Waals surface area contributed by atoms with Crippen LogP contribution < -0.4 is 5.32 Å². The number of carbonyl (C=O) groups is 1. The van der Waals surface area contributed by atoms with Gasteiger partial charge in [0.05, 0.1) is 6.10 Å². The zero-order chi connectivity index (χ0) is 15.7. The van der Waals surface area contributed by atoms with Gasteiger partial charge in [0.2, 0.25) is 5.91 Å². The molecule has 4 fully saturated rings. The first-order valence-corrected chi connectivity index (χ1v) is 9.31. The van der Waals surface area contributed by atoms with E-state index in [0.29, 0.717) is 29.7 Å². The molecule has 3 nitrogen and oxygen atoms in total. The Hall–Kier alpha value is -0.570. The predicted octanol–water partition coefficient (Wildman–Crippen LogP) is 3.11. The monoisotopic (exact) mass is 305 g/mol. The molecule has 0 aromatic carbocycles. The minimum Gasteiger partial charge on any atom is -0.393 e. The van der Waals surface area contributed by atoms with Gasteiger partial charge < -0.3 is 10.4 Å². The fourth-order valence-corrected chi connectivity index (χ4v) is 7.07. The summed E-state index contributed by atoms with van der Waals surface area (Å²) in [4.78, 5) is 11.9. The van der Waals surface area contributed by atoms with Crippen LogP contribution in [0, 0.1) is 34.5 Å². The van der Waals surface area contributed by atoms with Crippen LogP contribution in [-0.2, 0) is 4.79 Å². The molecule has 124 valence electrons. The Kier molecular flexibility index (Phi) is 3.21. The van der Waals surface area contributed by atoms with Gasteiger partial charge >= 0.3 is 0 Å². The second kappa shape index (κ2) is 4.72. The van der Waals surface area contributed by atoms with E-state index < -0.39 is 0 Å². The highest BCUT2D eigenvalue weighted by Gasteiger charge is 2.61. The molecule has 4 aliphatic rings. The number of aliphatic hydroxyl groups excluding tert-OH is 1. The number of nitrogens with one attached hydrogen (secondary N) is 1. The summed E-state index contributed by atoms with van der Waals surface area (Å²) in [5.41, 5.74) is 0.635. The summed E-state index contributed by atoms with van der Waals surface area (Å²) in [5.74, 6) is 3.07. The quantitative estimate of drug-likeness (QED) is 0.722. The number of aliphatic hydroxyl groups is 1. The van der Waals surface area contributed by atoms with E-state index in [1.54, 1.807) is 0 Å². The molecule has 1 heterocycles. The third-order valence-electron chi connectivity index (χ3n) is 8.21. The molecule has 3 saturated carbocycles. The van der Waals surface area contributed by atoms with Crippen molar-refractivity contribution in [1.29, 1.82) is 0 Å². The van der Waals surface area contributed by atoms with Crippen LogP contribution in [0.25, 0.3) is 0 Å². The van der Waals surface area contributed by atoms with Gasteiger partial charge in [-0.2, -0.15) is 0 Å². The number of fused-ring (bicyclic) bond motifs is 5. The first-order chi connectivity index (χ1) is 10.3. The number of piperidine rings is 1. The molecule has 0 unspecified atom stereocenters. The van der Waals surface area contributed by atoms with Crippen molar-refractivity contribution < 1.29 is 9.90 Å². The van der Waals surface area contributed by atoms with Gasteiger partial charge in [-0.05, 0) is 73.0 Å². The van der Waals surface area contributed by atoms with Crippen molar-refractivity contribution in [1.82, 2.24) is 5.32 Å². The van der Waals surface area contributed by atoms with E-state index in [1.807, 2.05) is 0 Å². The Labute approximate surface area is 134 Å². The van der Waals surface area contributed by atoms with Crippen LogP contribution >= 0.6 is 0 Å². The maximum absolute atomic E-state index is 11.9. The third kappa shape index (κ3) is 1.93. The lowest BCUT2D eigenvalue weighted by molar-refractivity contribution is -0.141. The fraction of sp³-hybridized carbons (Fsp3) is 0.947. The lowest BCUT2D eigenvalue weighted by atomic mass is 9.45. The number of hydrogen-bond acceptors (Lipinski definition) is 2. The van der Waals surface area contributed by atoms with Crippen LogP contribution in [0.2, 0.25) is 0 Å². The Balaban J connectivity index is 1.68. The molecule has 0 radical (unpaired) electrons. The van der Waals surface area contributed by atoms with E-state index in [1.165, 1.54) is 12.8 Å². The average molecular weight is 305 g/mol. The van der Waals surface area contributed by atoms with Gasteiger partial charge in [0.15, 0.2) is 0 Å². The first kappa shape index (κ1) is 15.0. The minimum atomic E-state index is -0.0856. The molecule has 2 N–H and O–H groups in total. The molecular formula is C19H31NO2. The van der Waals surface area contributed by atoms with Gasteiger partial charge in [0.1, 0.15) is 0 Å². The van der Waals surface area contributed by atoms with E-state index in [9.17, 15) is 9.90 Å². The first-order valence-electron chi connectivity index (χ1n) is 9.31. The van der Waals surface area contributed by atoms with Gasteiger partial charge in [-0.25, -0.2) is 0 Å². The average Bonchev–Trinajstić information content (AvgIpc) is 2.75. The Bertz CT molecular complexity index is 492. The number of amides is 1. The molecule has 22 heavy (non-hydrogen) atoms. The third-order valence-corrected chi connectivity index (χ3v) is 8.21. The molecule has 0 aromatic rings. The molecule has 8 atom stereocenters. The fourth-order valence-electron chi connectivity index (χ4n) is 7.07. The van der Waals surface area contributed by atoms with Crippen LogP contribution in [-0.4, -0.2) is 23.2 Å². The molecule has 0 aromatic heterocycles. The molecule has 4 rings (SSSR count). The SMILES string of the molecule is C[C@H]1C[C@H]2NC(=O)CC[C@]2(C)[C@H]2CC[C@]3(C)C[C@@H](O)C[C@H]3[C@H]12. The maximum Gasteiger partial charge on any atom is 0.220 e. The van der Waals surface area contributed by atoms with Crippen molar-refractivity contribution >= 4 is 5.91 Å². The summed E-state index contributed by atoms with van der Waals surface area (Å²) in [6, 6.07) is 0.376. The van der Waals surface area contributed by atoms with Crippen molar-refractivity contribution in [3.63, 3.8) is 0 Å². The van der Waals surface area contributed by atoms with Crippen LogP contribution in [0.1, 0.15) is 65.7 Å². The van der Waals surface area contributed by atoms with Crippen molar-refractivity contribution in [2.24, 2.45) is 34.5 Å². The summed E-state index contributed by atoms with van der Waals surface area (Å²) in [7, 11) is 0. The zero-order valence-electron chi connectivity index (χ0n) is 14.3. The maximum atomic E-state index is 11.9. The molecule has 1 saturated heterocycles. The zero-order valence-corrected chi connectivity index (χ0v) is 14.3. The molecule has 0 spiro atoms. The molecule has 3 aliphatic carbocycles. The molecule has 1 aliphatic heterocycles. The topological polar surface area (TPSA) is 49.3 Å². The van der Waals surface area contributed by atoms with E-state index in [-0.39, 0.29) is 17.4 Å². The number of hydrogen-bond donors (Lipinski definition) is 2. The molecular weight excluding hydrogens is 274 g/mol. The van der Waals surface area contributed by atoms with Crippen LogP contribution in [0.4, 0.5) is 0 Å². The van der Waals surface area contributed by atoms with E-state index in [2.05, 4.69) is 26.1 Å². The van der Waals surface area contributed by atoms with Crippen molar-refractivity contribution in [2.45, 2.75) is 77.9 Å². The summed E-state index contributed by atoms with van der Waals surface area (Å²) in [5, 5.41) is 13.6. The second-order valence-corrected chi connectivity index (χ2v) is 9.42. The smallest absolute Gasteiger partial charge is 0.220 e. The van der Waals surface area contributed by atoms with Gasteiger partial charge in [0, 0.05) is 12.5 Å². The van der Waals surface area contributed by atoms with Gasteiger partial charge in [0.25, 0.3) is 0 Å². The van der Waals surface area contributed by atoms with Crippen molar-refractivity contribution in [3.8, 4) is 0 Å². The summed E-state index contributed by atoms with van der Waals surface area (Å²) in [6.45, 7) is 7.26. The second-order valence-electron chi connectivity index (χ2n) is 9.42. The summed E-state index contributed by atoms with van der Waals surface area (Å²) < 4.78 is 0. The largest absolute Gasteiger partial charge is 0.393 e. The van der Waals surface area contributed by atoms with Gasteiger partial charge in [-0.15, -0.1) is 0 Å². The normalized spacial score (nSPS) is 57.5. The Morgan fingerprint density at radius 2 is 1.95 bits per heavy atom. The summed E-state index contributed by atoms with van der Waals surface area (Å²) in [6.07, 6.45) is 7.37.